The highest BCUT2D eigenvalue weighted by atomic mass is 19.1. The molecule has 0 heterocycles. The molecule has 0 aliphatic heterocycles. The molecule has 0 saturated carbocycles. The lowest BCUT2D eigenvalue weighted by molar-refractivity contribution is -0.143. The van der Waals surface area contributed by atoms with Crippen molar-refractivity contribution < 1.29 is 24.1 Å². The molecule has 3 aromatic rings. The maximum atomic E-state index is 14.8. The molecule has 0 spiro atoms. The molecule has 0 bridgehead atoms. The minimum Gasteiger partial charge on any atom is -0.508 e. The van der Waals surface area contributed by atoms with Gasteiger partial charge < -0.3 is 14.9 Å². The van der Waals surface area contributed by atoms with E-state index in [0.29, 0.717) is 5.56 Å². The van der Waals surface area contributed by atoms with Gasteiger partial charge in [-0.3, -0.25) is 4.79 Å². The van der Waals surface area contributed by atoms with E-state index in [4.69, 9.17) is 4.74 Å². The number of halogens is 1. The largest absolute Gasteiger partial charge is 0.508 e. The first-order valence-electron chi connectivity index (χ1n) is 9.88. The van der Waals surface area contributed by atoms with Crippen LogP contribution in [0, 0.1) is 11.2 Å². The van der Waals surface area contributed by atoms with Crippen LogP contribution in [0.25, 0.3) is 11.1 Å². The van der Waals surface area contributed by atoms with Crippen molar-refractivity contribution in [3.63, 3.8) is 0 Å². The predicted octanol–water partition coefficient (Wildman–Crippen LogP) is 6.17. The Hall–Kier alpha value is -3.60. The smallest absolute Gasteiger partial charge is 0.316 e. The molecule has 160 valence electrons. The van der Waals surface area contributed by atoms with Crippen molar-refractivity contribution in [3.05, 3.63) is 89.2 Å². The van der Waals surface area contributed by atoms with Crippen LogP contribution in [-0.4, -0.2) is 16.2 Å². The van der Waals surface area contributed by atoms with E-state index in [-0.39, 0.29) is 17.2 Å². The van der Waals surface area contributed by atoms with Gasteiger partial charge in [-0.05, 0) is 91.9 Å². The van der Waals surface area contributed by atoms with Crippen LogP contribution in [0.5, 0.6) is 17.2 Å². The summed E-state index contributed by atoms with van der Waals surface area (Å²) in [6, 6.07) is 17.9. The quantitative estimate of drug-likeness (QED) is 0.301. The maximum absolute atomic E-state index is 14.8. The summed E-state index contributed by atoms with van der Waals surface area (Å²) in [6.07, 6.45) is 0. The number of hydrogen-bond donors (Lipinski definition) is 2. The Balaban J connectivity index is 2.08. The first-order valence-corrected chi connectivity index (χ1v) is 9.88. The number of carbonyl (C=O) groups is 1. The summed E-state index contributed by atoms with van der Waals surface area (Å²) in [6.45, 7) is 6.98. The number of rotatable bonds is 4. The summed E-state index contributed by atoms with van der Waals surface area (Å²) in [4.78, 5) is 12.1. The number of hydrogen-bond acceptors (Lipinski definition) is 4. The fraction of sp³-hybridized carbons (Fsp3) is 0.192. The van der Waals surface area contributed by atoms with Crippen LogP contribution in [0.4, 0.5) is 4.39 Å². The molecule has 0 fully saturated rings. The predicted molar refractivity (Wildman–Crippen MR) is 119 cm³/mol. The zero-order valence-electron chi connectivity index (χ0n) is 17.9. The molecule has 3 rings (SSSR count). The van der Waals surface area contributed by atoms with Crippen LogP contribution in [0.15, 0.2) is 66.7 Å². The van der Waals surface area contributed by atoms with Crippen LogP contribution in [0.2, 0.25) is 0 Å². The Morgan fingerprint density at radius 3 is 1.68 bits per heavy atom. The van der Waals surface area contributed by atoms with Crippen molar-refractivity contribution >= 4 is 17.1 Å². The van der Waals surface area contributed by atoms with E-state index < -0.39 is 17.2 Å². The van der Waals surface area contributed by atoms with Gasteiger partial charge in [0.2, 0.25) is 0 Å². The van der Waals surface area contributed by atoms with Crippen LogP contribution in [0.3, 0.4) is 0 Å². The molecule has 3 aromatic carbocycles. The third-order valence-electron chi connectivity index (χ3n) is 4.87. The Morgan fingerprint density at radius 1 is 0.806 bits per heavy atom. The molecule has 0 unspecified atom stereocenters. The molecule has 5 heteroatoms. The zero-order chi connectivity index (χ0) is 22.8. The molecule has 0 aromatic heterocycles. The number of esters is 1. The van der Waals surface area contributed by atoms with E-state index in [2.05, 4.69) is 0 Å². The van der Waals surface area contributed by atoms with Crippen molar-refractivity contribution in [2.75, 3.05) is 0 Å². The molecule has 0 aliphatic carbocycles. The number of phenolic OH excluding ortho intramolecular Hbond substituents is 2. The molecule has 0 radical (unpaired) electrons. The van der Waals surface area contributed by atoms with Gasteiger partial charge >= 0.3 is 5.97 Å². The summed E-state index contributed by atoms with van der Waals surface area (Å²) in [7, 11) is 0. The van der Waals surface area contributed by atoms with Crippen molar-refractivity contribution in [2.45, 2.75) is 27.7 Å². The second kappa shape index (κ2) is 8.64. The monoisotopic (exact) mass is 420 g/mol. The Morgan fingerprint density at radius 2 is 1.26 bits per heavy atom. The average Bonchev–Trinajstić information content (AvgIpc) is 2.71. The normalized spacial score (nSPS) is 11.1. The fourth-order valence-electron chi connectivity index (χ4n) is 3.07. The lowest BCUT2D eigenvalue weighted by Crippen LogP contribution is -2.25. The van der Waals surface area contributed by atoms with Gasteiger partial charge in [0.05, 0.1) is 5.41 Å². The van der Waals surface area contributed by atoms with E-state index in [1.54, 1.807) is 75.4 Å². The summed E-state index contributed by atoms with van der Waals surface area (Å²) in [5.41, 5.74) is 3.12. The molecule has 0 aliphatic rings. The molecule has 0 atom stereocenters. The van der Waals surface area contributed by atoms with E-state index >= 15 is 0 Å². The second-order valence-electron chi connectivity index (χ2n) is 8.38. The highest BCUT2D eigenvalue weighted by molar-refractivity contribution is 5.98. The number of phenols is 2. The first-order chi connectivity index (χ1) is 14.6. The first kappa shape index (κ1) is 22.1. The number of ether oxygens (including phenoxy) is 1. The fourth-order valence-corrected chi connectivity index (χ4v) is 3.07. The van der Waals surface area contributed by atoms with Crippen molar-refractivity contribution in [1.29, 1.82) is 0 Å². The van der Waals surface area contributed by atoms with Gasteiger partial charge in [-0.25, -0.2) is 4.39 Å². The number of aromatic hydroxyl groups is 2. The SMILES string of the molecule is CC(=C(c1ccc(O)cc1)c1ccc(O)cc1)c1ccc(OC(=O)C(C)(C)C)c(F)c1. The topological polar surface area (TPSA) is 66.8 Å². The van der Waals surface area contributed by atoms with Gasteiger partial charge in [0.15, 0.2) is 11.6 Å². The highest BCUT2D eigenvalue weighted by Crippen LogP contribution is 2.35. The molecule has 4 nitrogen and oxygen atoms in total. The van der Waals surface area contributed by atoms with Crippen molar-refractivity contribution in [1.82, 2.24) is 0 Å². The van der Waals surface area contributed by atoms with E-state index in [0.717, 1.165) is 22.3 Å². The van der Waals surface area contributed by atoms with Gasteiger partial charge in [0.25, 0.3) is 0 Å². The third kappa shape index (κ3) is 5.12. The summed E-state index contributed by atoms with van der Waals surface area (Å²) >= 11 is 0. The zero-order valence-corrected chi connectivity index (χ0v) is 17.9. The standard InChI is InChI=1S/C26H25FO4/c1-16(19-9-14-23(22(27)15-19)31-25(30)26(2,3)4)24(17-5-10-20(28)11-6-17)18-7-12-21(29)13-8-18/h5-15,28-29H,1-4H3. The lowest BCUT2D eigenvalue weighted by Gasteiger charge is -2.18. The molecule has 0 amide bonds. The molecular weight excluding hydrogens is 395 g/mol. The highest BCUT2D eigenvalue weighted by Gasteiger charge is 2.25. The number of allylic oxidation sites excluding steroid dienone is 1. The van der Waals surface area contributed by atoms with Crippen LogP contribution in [0.1, 0.15) is 44.4 Å². The Kier molecular flexibility index (Phi) is 6.16. The second-order valence-corrected chi connectivity index (χ2v) is 8.38. The summed E-state index contributed by atoms with van der Waals surface area (Å²) in [5.74, 6) is -0.983. The molecule has 31 heavy (non-hydrogen) atoms. The van der Waals surface area contributed by atoms with Crippen molar-refractivity contribution in [3.8, 4) is 17.2 Å². The Labute approximate surface area is 181 Å². The minimum absolute atomic E-state index is 0.118. The average molecular weight is 420 g/mol. The number of carbonyl (C=O) groups excluding carboxylic acids is 1. The Bertz CT molecular complexity index is 1070. The summed E-state index contributed by atoms with van der Waals surface area (Å²) in [5, 5.41) is 19.3. The van der Waals surface area contributed by atoms with Crippen molar-refractivity contribution in [2.24, 2.45) is 5.41 Å². The van der Waals surface area contributed by atoms with Gasteiger partial charge in [0, 0.05) is 0 Å². The lowest BCUT2D eigenvalue weighted by atomic mass is 9.90. The van der Waals surface area contributed by atoms with Gasteiger partial charge in [-0.2, -0.15) is 0 Å². The van der Waals surface area contributed by atoms with Gasteiger partial charge in [-0.15, -0.1) is 0 Å². The molecule has 0 saturated heterocycles. The van der Waals surface area contributed by atoms with Crippen LogP contribution < -0.4 is 4.74 Å². The minimum atomic E-state index is -0.744. The van der Waals surface area contributed by atoms with E-state index in [9.17, 15) is 19.4 Å². The maximum Gasteiger partial charge on any atom is 0.316 e. The van der Waals surface area contributed by atoms with Crippen LogP contribution in [-0.2, 0) is 4.79 Å². The van der Waals surface area contributed by atoms with Crippen LogP contribution >= 0.6 is 0 Å². The van der Waals surface area contributed by atoms with E-state index in [1.807, 2.05) is 6.92 Å². The third-order valence-corrected chi connectivity index (χ3v) is 4.87. The van der Waals surface area contributed by atoms with Gasteiger partial charge in [0.1, 0.15) is 11.5 Å². The molecular formula is C26H25FO4. The van der Waals surface area contributed by atoms with E-state index in [1.165, 1.54) is 12.1 Å². The molecule has 2 N–H and O–H groups in total. The summed E-state index contributed by atoms with van der Waals surface area (Å²) < 4.78 is 20.0. The number of benzene rings is 3. The van der Waals surface area contributed by atoms with Gasteiger partial charge in [-0.1, -0.05) is 30.3 Å².